The Morgan fingerprint density at radius 1 is 1.14 bits per heavy atom. The normalized spacial score (nSPS) is 17.9. The number of benzene rings is 1. The summed E-state index contributed by atoms with van der Waals surface area (Å²) in [5.41, 5.74) is 5.76. The van der Waals surface area contributed by atoms with Crippen LogP contribution in [0, 0.1) is 4.78 Å². The maximum atomic E-state index is 13.4. The van der Waals surface area contributed by atoms with Gasteiger partial charge in [-0.15, -0.1) is 11.3 Å². The van der Waals surface area contributed by atoms with Crippen LogP contribution in [0.15, 0.2) is 39.7 Å². The first-order valence-electron chi connectivity index (χ1n) is 10.1. The third-order valence-electron chi connectivity index (χ3n) is 6.03. The van der Waals surface area contributed by atoms with E-state index in [0.29, 0.717) is 14.0 Å². The summed E-state index contributed by atoms with van der Waals surface area (Å²) in [7, 11) is -3.17. The lowest BCUT2D eigenvalue weighted by Crippen LogP contribution is -2.12. The predicted molar refractivity (Wildman–Crippen MR) is 115 cm³/mol. The highest BCUT2D eigenvalue weighted by Crippen LogP contribution is 2.38. The summed E-state index contributed by atoms with van der Waals surface area (Å²) in [6.07, 6.45) is 10.1. The van der Waals surface area contributed by atoms with Crippen LogP contribution in [0.1, 0.15) is 53.8 Å². The molecule has 0 radical (unpaired) electrons. The number of thiophene rings is 1. The van der Waals surface area contributed by atoms with Crippen molar-refractivity contribution < 1.29 is 9.32 Å². The van der Waals surface area contributed by atoms with E-state index in [1.807, 2.05) is 4.68 Å². The molecule has 3 aromatic rings. The topological polar surface area (TPSA) is 79.0 Å². The van der Waals surface area contributed by atoms with E-state index in [4.69, 9.17) is 4.78 Å². The summed E-state index contributed by atoms with van der Waals surface area (Å²) in [5, 5.41) is 14.8. The van der Waals surface area contributed by atoms with Gasteiger partial charge in [0.1, 0.15) is 13.9 Å². The molecule has 0 saturated heterocycles. The standard InChI is InChI=1S/C22H25N3O2S2/c1-22(2,26)19-9-10-20(28-19)29(23,27)16-12-24-25(13-16)21-17-7-3-5-14(17)11-15-6-4-8-18(15)21/h9-13,23,26H,3-8H2,1-2H3. The van der Waals surface area contributed by atoms with Crippen molar-refractivity contribution in [3.8, 4) is 5.69 Å². The lowest BCUT2D eigenvalue weighted by Gasteiger charge is -2.15. The number of nitrogens with one attached hydrogen (secondary N) is 1. The average molecular weight is 428 g/mol. The largest absolute Gasteiger partial charge is 0.385 e. The molecule has 7 heteroatoms. The minimum atomic E-state index is -3.17. The van der Waals surface area contributed by atoms with Crippen LogP contribution in [0.3, 0.4) is 0 Å². The molecule has 1 atom stereocenters. The molecule has 0 amide bonds. The Kier molecular flexibility index (Phi) is 4.28. The fraction of sp³-hybridized carbons (Fsp3) is 0.409. The van der Waals surface area contributed by atoms with Gasteiger partial charge in [0.15, 0.2) is 0 Å². The first-order valence-corrected chi connectivity index (χ1v) is 12.5. The first kappa shape index (κ1) is 19.0. The van der Waals surface area contributed by atoms with Crippen molar-refractivity contribution in [2.75, 3.05) is 0 Å². The smallest absolute Gasteiger partial charge is 0.114 e. The zero-order chi connectivity index (χ0) is 20.4. The Balaban J connectivity index is 1.58. The van der Waals surface area contributed by atoms with E-state index in [1.165, 1.54) is 46.4 Å². The summed E-state index contributed by atoms with van der Waals surface area (Å²) in [6, 6.07) is 5.84. The van der Waals surface area contributed by atoms with Crippen LogP contribution < -0.4 is 0 Å². The van der Waals surface area contributed by atoms with E-state index >= 15 is 0 Å². The Bertz CT molecular complexity index is 1180. The van der Waals surface area contributed by atoms with Gasteiger partial charge in [0.25, 0.3) is 0 Å². The molecule has 29 heavy (non-hydrogen) atoms. The van der Waals surface area contributed by atoms with Crippen molar-refractivity contribution in [3.63, 3.8) is 0 Å². The zero-order valence-corrected chi connectivity index (χ0v) is 18.3. The number of nitrogens with zero attached hydrogens (tertiary/aromatic N) is 2. The van der Waals surface area contributed by atoms with E-state index in [-0.39, 0.29) is 0 Å². The molecule has 2 aromatic heterocycles. The predicted octanol–water partition coefficient (Wildman–Crippen LogP) is 4.60. The van der Waals surface area contributed by atoms with E-state index in [2.05, 4.69) is 11.2 Å². The van der Waals surface area contributed by atoms with Gasteiger partial charge in [-0.05, 0) is 86.8 Å². The number of hydrogen-bond donors (Lipinski definition) is 2. The van der Waals surface area contributed by atoms with Crippen molar-refractivity contribution in [2.24, 2.45) is 0 Å². The quantitative estimate of drug-likeness (QED) is 0.638. The molecule has 152 valence electrons. The molecule has 0 aliphatic heterocycles. The first-order chi connectivity index (χ1) is 13.7. The molecular formula is C22H25N3O2S2. The van der Waals surface area contributed by atoms with Gasteiger partial charge >= 0.3 is 0 Å². The van der Waals surface area contributed by atoms with Crippen LogP contribution in [0.5, 0.6) is 0 Å². The summed E-state index contributed by atoms with van der Waals surface area (Å²) in [6.45, 7) is 3.39. The minimum absolute atomic E-state index is 0.420. The van der Waals surface area contributed by atoms with Crippen molar-refractivity contribution >= 4 is 21.1 Å². The van der Waals surface area contributed by atoms with Crippen molar-refractivity contribution in [1.29, 1.82) is 4.78 Å². The van der Waals surface area contributed by atoms with Gasteiger partial charge < -0.3 is 5.11 Å². The maximum Gasteiger partial charge on any atom is 0.114 e. The number of aromatic nitrogens is 2. The Labute approximate surface area is 175 Å². The average Bonchev–Trinajstić information content (AvgIpc) is 3.45. The molecule has 5 rings (SSSR count). The van der Waals surface area contributed by atoms with Gasteiger partial charge in [-0.1, -0.05) is 6.07 Å². The van der Waals surface area contributed by atoms with Gasteiger partial charge in [-0.2, -0.15) is 5.10 Å². The molecule has 0 bridgehead atoms. The van der Waals surface area contributed by atoms with Crippen molar-refractivity contribution in [1.82, 2.24) is 9.78 Å². The fourth-order valence-electron chi connectivity index (χ4n) is 4.56. The second-order valence-corrected chi connectivity index (χ2v) is 11.9. The molecule has 2 aliphatic rings. The second-order valence-electron chi connectivity index (χ2n) is 8.56. The van der Waals surface area contributed by atoms with Crippen LogP contribution in [-0.4, -0.2) is 19.1 Å². The highest BCUT2D eigenvalue weighted by molar-refractivity contribution is 7.94. The maximum absolute atomic E-state index is 13.4. The van der Waals surface area contributed by atoms with Gasteiger partial charge in [-0.3, -0.25) is 0 Å². The van der Waals surface area contributed by atoms with Gasteiger partial charge in [0.2, 0.25) is 0 Å². The number of fused-ring (bicyclic) bond motifs is 2. The summed E-state index contributed by atoms with van der Waals surface area (Å²) >= 11 is 1.24. The number of rotatable bonds is 4. The van der Waals surface area contributed by atoms with Gasteiger partial charge in [-0.25, -0.2) is 13.7 Å². The van der Waals surface area contributed by atoms with E-state index in [0.717, 1.165) is 31.4 Å². The number of hydrogen-bond acceptors (Lipinski definition) is 5. The zero-order valence-electron chi connectivity index (χ0n) is 16.7. The molecular weight excluding hydrogens is 402 g/mol. The number of aryl methyl sites for hydroxylation is 2. The Morgan fingerprint density at radius 2 is 1.79 bits per heavy atom. The van der Waals surface area contributed by atoms with E-state index in [1.54, 1.807) is 38.4 Å². The van der Waals surface area contributed by atoms with Crippen LogP contribution in [0.2, 0.25) is 0 Å². The molecule has 2 N–H and O–H groups in total. The monoisotopic (exact) mass is 427 g/mol. The van der Waals surface area contributed by atoms with Crippen LogP contribution >= 0.6 is 11.3 Å². The third-order valence-corrected chi connectivity index (χ3v) is 9.75. The molecule has 2 heterocycles. The third kappa shape index (κ3) is 3.07. The molecule has 2 aliphatic carbocycles. The summed E-state index contributed by atoms with van der Waals surface area (Å²) < 4.78 is 24.3. The molecule has 5 nitrogen and oxygen atoms in total. The van der Waals surface area contributed by atoms with Crippen molar-refractivity contribution in [2.45, 2.75) is 67.1 Å². The molecule has 0 saturated carbocycles. The van der Waals surface area contributed by atoms with Gasteiger partial charge in [0.05, 0.1) is 22.4 Å². The fourth-order valence-corrected chi connectivity index (χ4v) is 7.26. The molecule has 0 fully saturated rings. The number of aliphatic hydroxyl groups is 1. The minimum Gasteiger partial charge on any atom is -0.385 e. The lowest BCUT2D eigenvalue weighted by atomic mass is 9.99. The summed E-state index contributed by atoms with van der Waals surface area (Å²) in [5.74, 6) is 0. The van der Waals surface area contributed by atoms with Crippen LogP contribution in [0.25, 0.3) is 5.69 Å². The van der Waals surface area contributed by atoms with E-state index in [9.17, 15) is 9.32 Å². The molecule has 0 spiro atoms. The lowest BCUT2D eigenvalue weighted by molar-refractivity contribution is 0.0825. The Hall–Kier alpha value is -1.96. The van der Waals surface area contributed by atoms with E-state index < -0.39 is 15.3 Å². The van der Waals surface area contributed by atoms with Crippen LogP contribution in [-0.2, 0) is 41.0 Å². The highest BCUT2D eigenvalue weighted by Gasteiger charge is 2.27. The second kappa shape index (κ2) is 6.52. The highest BCUT2D eigenvalue weighted by atomic mass is 32.2. The molecule has 1 unspecified atom stereocenters. The van der Waals surface area contributed by atoms with Crippen molar-refractivity contribution in [3.05, 3.63) is 57.7 Å². The van der Waals surface area contributed by atoms with Gasteiger partial charge in [0, 0.05) is 11.1 Å². The summed E-state index contributed by atoms with van der Waals surface area (Å²) in [4.78, 5) is 1.13. The SMILES string of the molecule is CC(C)(O)c1ccc(S(=N)(=O)c2cnn(-c3c4c(cc5c3CCC5)CCC4)c2)s1. The molecule has 1 aromatic carbocycles. The van der Waals surface area contributed by atoms with Crippen LogP contribution in [0.4, 0.5) is 0 Å². The Morgan fingerprint density at radius 3 is 2.38 bits per heavy atom.